The summed E-state index contributed by atoms with van der Waals surface area (Å²) in [6.45, 7) is 3.95. The van der Waals surface area contributed by atoms with Gasteiger partial charge in [-0.1, -0.05) is 6.92 Å². The second-order valence-corrected chi connectivity index (χ2v) is 4.39. The number of rotatable bonds is 5. The zero-order valence-electron chi connectivity index (χ0n) is 11.2. The monoisotopic (exact) mass is 263 g/mol. The molecule has 102 valence electrons. The number of anilines is 1. The zero-order valence-corrected chi connectivity index (χ0v) is 11.2. The molecule has 1 atom stereocenters. The van der Waals surface area contributed by atoms with Gasteiger partial charge in [-0.25, -0.2) is 4.79 Å². The lowest BCUT2D eigenvalue weighted by molar-refractivity contribution is 0.0660. The molecule has 0 bridgehead atoms. The van der Waals surface area contributed by atoms with Gasteiger partial charge in [0.1, 0.15) is 5.76 Å². The number of aromatic nitrogens is 2. The van der Waals surface area contributed by atoms with Crippen LogP contribution in [0.2, 0.25) is 0 Å². The average Bonchev–Trinajstić information content (AvgIpc) is 2.95. The van der Waals surface area contributed by atoms with Crippen LogP contribution in [0.1, 0.15) is 41.9 Å². The zero-order chi connectivity index (χ0) is 14.0. The molecule has 0 aromatic carbocycles. The van der Waals surface area contributed by atoms with Gasteiger partial charge >= 0.3 is 5.97 Å². The van der Waals surface area contributed by atoms with Crippen molar-refractivity contribution in [3.8, 4) is 0 Å². The van der Waals surface area contributed by atoms with Gasteiger partial charge < -0.3 is 14.8 Å². The summed E-state index contributed by atoms with van der Waals surface area (Å²) < 4.78 is 7.02. The van der Waals surface area contributed by atoms with Crippen LogP contribution in [0.15, 0.2) is 22.7 Å². The molecule has 0 aliphatic rings. The van der Waals surface area contributed by atoms with Crippen LogP contribution in [0, 0.1) is 0 Å². The van der Waals surface area contributed by atoms with Crippen molar-refractivity contribution in [2.24, 2.45) is 7.05 Å². The molecule has 0 fully saturated rings. The van der Waals surface area contributed by atoms with Gasteiger partial charge in [-0.15, -0.1) is 0 Å². The quantitative estimate of drug-likeness (QED) is 0.866. The third kappa shape index (κ3) is 2.78. The van der Waals surface area contributed by atoms with Crippen LogP contribution in [-0.2, 0) is 13.5 Å². The summed E-state index contributed by atoms with van der Waals surface area (Å²) in [5.74, 6) is -0.525. The normalized spacial score (nSPS) is 12.4. The fourth-order valence-electron chi connectivity index (χ4n) is 1.92. The smallest absolute Gasteiger partial charge is 0.371 e. The van der Waals surface area contributed by atoms with Crippen LogP contribution < -0.4 is 5.32 Å². The number of carbonyl (C=O) groups is 1. The van der Waals surface area contributed by atoms with E-state index in [1.165, 1.54) is 6.07 Å². The maximum absolute atomic E-state index is 10.8. The third-order valence-electron chi connectivity index (χ3n) is 2.88. The first kappa shape index (κ1) is 13.2. The van der Waals surface area contributed by atoms with E-state index in [1.807, 2.05) is 27.1 Å². The molecule has 0 saturated carbocycles. The highest BCUT2D eigenvalue weighted by Gasteiger charge is 2.16. The molecule has 0 aliphatic heterocycles. The Bertz CT molecular complexity index is 586. The molecule has 0 amide bonds. The van der Waals surface area contributed by atoms with Crippen molar-refractivity contribution < 1.29 is 14.3 Å². The molecule has 2 aromatic heterocycles. The van der Waals surface area contributed by atoms with E-state index in [0.29, 0.717) is 5.76 Å². The van der Waals surface area contributed by atoms with Crippen molar-refractivity contribution in [3.05, 3.63) is 35.5 Å². The minimum atomic E-state index is -1.06. The molecular formula is C13H17N3O3. The van der Waals surface area contributed by atoms with Crippen molar-refractivity contribution in [3.63, 3.8) is 0 Å². The van der Waals surface area contributed by atoms with E-state index in [-0.39, 0.29) is 11.8 Å². The van der Waals surface area contributed by atoms with Crippen LogP contribution in [0.3, 0.4) is 0 Å². The molecule has 6 heteroatoms. The summed E-state index contributed by atoms with van der Waals surface area (Å²) in [6, 6.07) is 3.01. The number of aryl methyl sites for hydroxylation is 2. The van der Waals surface area contributed by atoms with E-state index in [4.69, 9.17) is 9.52 Å². The van der Waals surface area contributed by atoms with E-state index in [9.17, 15) is 4.79 Å². The Hall–Kier alpha value is -2.24. The maximum Gasteiger partial charge on any atom is 0.371 e. The first-order valence-corrected chi connectivity index (χ1v) is 6.13. The molecule has 19 heavy (non-hydrogen) atoms. The largest absolute Gasteiger partial charge is 0.475 e. The van der Waals surface area contributed by atoms with Crippen LogP contribution in [0.4, 0.5) is 5.69 Å². The molecule has 6 nitrogen and oxygen atoms in total. The average molecular weight is 263 g/mol. The Morgan fingerprint density at radius 3 is 2.89 bits per heavy atom. The van der Waals surface area contributed by atoms with Crippen LogP contribution >= 0.6 is 0 Å². The van der Waals surface area contributed by atoms with E-state index in [0.717, 1.165) is 17.8 Å². The molecule has 2 rings (SSSR count). The standard InChI is InChI=1S/C13H17N3O3/c1-4-9-10(7-16(3)15-9)14-8(2)11-5-6-12(19-11)13(17)18/h5-8,14H,4H2,1-3H3,(H,17,18). The van der Waals surface area contributed by atoms with Crippen molar-refractivity contribution in [2.75, 3.05) is 5.32 Å². The topological polar surface area (TPSA) is 80.3 Å². The molecule has 0 saturated heterocycles. The van der Waals surface area contributed by atoms with Gasteiger partial charge in [0.2, 0.25) is 5.76 Å². The Balaban J connectivity index is 2.15. The van der Waals surface area contributed by atoms with E-state index in [2.05, 4.69) is 10.4 Å². The summed E-state index contributed by atoms with van der Waals surface area (Å²) >= 11 is 0. The van der Waals surface area contributed by atoms with Gasteiger partial charge in [-0.05, 0) is 25.5 Å². The fourth-order valence-corrected chi connectivity index (χ4v) is 1.92. The lowest BCUT2D eigenvalue weighted by atomic mass is 10.2. The second kappa shape index (κ2) is 5.17. The van der Waals surface area contributed by atoms with Gasteiger partial charge in [0, 0.05) is 13.2 Å². The molecule has 2 aromatic rings. The van der Waals surface area contributed by atoms with Crippen molar-refractivity contribution in [1.29, 1.82) is 0 Å². The number of nitrogens with one attached hydrogen (secondary N) is 1. The summed E-state index contributed by atoms with van der Waals surface area (Å²) in [5, 5.41) is 16.4. The Morgan fingerprint density at radius 1 is 1.58 bits per heavy atom. The Morgan fingerprint density at radius 2 is 2.32 bits per heavy atom. The number of furan rings is 1. The predicted octanol–water partition coefficient (Wildman–Crippen LogP) is 2.45. The predicted molar refractivity (Wildman–Crippen MR) is 70.3 cm³/mol. The Labute approximate surface area is 111 Å². The molecule has 0 radical (unpaired) electrons. The van der Waals surface area contributed by atoms with Crippen molar-refractivity contribution in [1.82, 2.24) is 9.78 Å². The molecule has 1 unspecified atom stereocenters. The van der Waals surface area contributed by atoms with Gasteiger partial charge in [-0.3, -0.25) is 4.68 Å². The number of aromatic carboxylic acids is 1. The molecule has 2 heterocycles. The van der Waals surface area contributed by atoms with Crippen molar-refractivity contribution in [2.45, 2.75) is 26.3 Å². The van der Waals surface area contributed by atoms with Gasteiger partial charge in [0.25, 0.3) is 0 Å². The highest BCUT2D eigenvalue weighted by Crippen LogP contribution is 2.23. The summed E-state index contributed by atoms with van der Waals surface area (Å²) in [7, 11) is 1.87. The lowest BCUT2D eigenvalue weighted by Gasteiger charge is -2.12. The maximum atomic E-state index is 10.8. The van der Waals surface area contributed by atoms with Gasteiger partial charge in [0.05, 0.1) is 17.4 Å². The SMILES string of the molecule is CCc1nn(C)cc1NC(C)c1ccc(C(=O)O)o1. The second-order valence-electron chi connectivity index (χ2n) is 4.39. The molecule has 0 spiro atoms. The highest BCUT2D eigenvalue weighted by molar-refractivity contribution is 5.84. The number of nitrogens with zero attached hydrogens (tertiary/aromatic N) is 2. The molecule has 0 aliphatic carbocycles. The van der Waals surface area contributed by atoms with Crippen LogP contribution in [0.25, 0.3) is 0 Å². The number of hydrogen-bond acceptors (Lipinski definition) is 4. The third-order valence-corrected chi connectivity index (χ3v) is 2.88. The molecular weight excluding hydrogens is 246 g/mol. The number of carboxylic acids is 1. The van der Waals surface area contributed by atoms with Crippen LogP contribution in [-0.4, -0.2) is 20.9 Å². The first-order chi connectivity index (χ1) is 9.01. The highest BCUT2D eigenvalue weighted by atomic mass is 16.4. The van der Waals surface area contributed by atoms with Crippen LogP contribution in [0.5, 0.6) is 0 Å². The fraction of sp³-hybridized carbons (Fsp3) is 0.385. The Kier molecular flexibility index (Phi) is 3.59. The van der Waals surface area contributed by atoms with E-state index < -0.39 is 5.97 Å². The lowest BCUT2D eigenvalue weighted by Crippen LogP contribution is -2.06. The summed E-state index contributed by atoms with van der Waals surface area (Å²) in [5.41, 5.74) is 1.91. The van der Waals surface area contributed by atoms with Gasteiger partial charge in [0.15, 0.2) is 0 Å². The minimum Gasteiger partial charge on any atom is -0.475 e. The number of hydrogen-bond donors (Lipinski definition) is 2. The minimum absolute atomic E-state index is 0.0504. The summed E-state index contributed by atoms with van der Waals surface area (Å²) in [6.07, 6.45) is 2.73. The van der Waals surface area contributed by atoms with Crippen molar-refractivity contribution >= 4 is 11.7 Å². The van der Waals surface area contributed by atoms with E-state index in [1.54, 1.807) is 10.7 Å². The summed E-state index contributed by atoms with van der Waals surface area (Å²) in [4.78, 5) is 10.8. The van der Waals surface area contributed by atoms with E-state index >= 15 is 0 Å². The molecule has 2 N–H and O–H groups in total. The van der Waals surface area contributed by atoms with Gasteiger partial charge in [-0.2, -0.15) is 5.10 Å². The first-order valence-electron chi connectivity index (χ1n) is 6.13. The number of carboxylic acid groups (broad SMARTS) is 1.